The zero-order valence-electron chi connectivity index (χ0n) is 16.2. The van der Waals surface area contributed by atoms with Gasteiger partial charge in [-0.05, 0) is 74.9 Å². The van der Waals surface area contributed by atoms with E-state index in [9.17, 15) is 14.8 Å². The Labute approximate surface area is 164 Å². The van der Waals surface area contributed by atoms with E-state index in [0.29, 0.717) is 22.4 Å². The number of nitriles is 1. The summed E-state index contributed by atoms with van der Waals surface area (Å²) in [6.07, 6.45) is 5.04. The van der Waals surface area contributed by atoms with E-state index in [0.717, 1.165) is 47.7 Å². The van der Waals surface area contributed by atoms with Gasteiger partial charge in [-0.15, -0.1) is 0 Å². The van der Waals surface area contributed by atoms with E-state index < -0.39 is 0 Å². The number of aliphatic hydroxyl groups is 1. The van der Waals surface area contributed by atoms with Gasteiger partial charge in [0, 0.05) is 40.0 Å². The Morgan fingerprint density at radius 2 is 1.89 bits per heavy atom. The first kappa shape index (κ1) is 18.5. The summed E-state index contributed by atoms with van der Waals surface area (Å²) in [6, 6.07) is 9.34. The van der Waals surface area contributed by atoms with Crippen molar-refractivity contribution in [2.75, 3.05) is 5.73 Å². The van der Waals surface area contributed by atoms with Gasteiger partial charge in [0.25, 0.3) is 0 Å². The van der Waals surface area contributed by atoms with E-state index in [2.05, 4.69) is 10.6 Å². The lowest BCUT2D eigenvalue weighted by atomic mass is 9.93. The Morgan fingerprint density at radius 3 is 2.57 bits per heavy atom. The van der Waals surface area contributed by atoms with E-state index in [4.69, 9.17) is 5.73 Å². The molecule has 0 aliphatic heterocycles. The first-order valence-corrected chi connectivity index (χ1v) is 9.69. The number of halogens is 1. The minimum absolute atomic E-state index is 0.238. The average molecular weight is 377 g/mol. The predicted octanol–water partition coefficient (Wildman–Crippen LogP) is 4.99. The summed E-state index contributed by atoms with van der Waals surface area (Å²) in [5, 5.41) is 20.2. The van der Waals surface area contributed by atoms with Gasteiger partial charge in [0.2, 0.25) is 0 Å². The molecule has 4 nitrogen and oxygen atoms in total. The van der Waals surface area contributed by atoms with Gasteiger partial charge < -0.3 is 15.4 Å². The number of hydrogen-bond acceptors (Lipinski definition) is 3. The molecule has 0 spiro atoms. The van der Waals surface area contributed by atoms with Crippen molar-refractivity contribution in [3.63, 3.8) is 0 Å². The maximum atomic E-state index is 14.8. The van der Waals surface area contributed by atoms with E-state index in [-0.39, 0.29) is 18.0 Å². The van der Waals surface area contributed by atoms with Gasteiger partial charge in [0.15, 0.2) is 0 Å². The molecule has 28 heavy (non-hydrogen) atoms. The summed E-state index contributed by atoms with van der Waals surface area (Å²) in [5.74, 6) is -0.316. The molecule has 1 aliphatic carbocycles. The number of anilines is 1. The number of benzene rings is 2. The highest BCUT2D eigenvalue weighted by atomic mass is 19.1. The van der Waals surface area contributed by atoms with Crippen molar-refractivity contribution in [3.8, 4) is 17.2 Å². The Morgan fingerprint density at radius 1 is 1.18 bits per heavy atom. The second-order valence-corrected chi connectivity index (χ2v) is 7.85. The third-order valence-electron chi connectivity index (χ3n) is 6.08. The number of aryl methyl sites for hydroxylation is 1. The second kappa shape index (κ2) is 6.96. The topological polar surface area (TPSA) is 75.0 Å². The van der Waals surface area contributed by atoms with Gasteiger partial charge in [0.1, 0.15) is 5.82 Å². The minimum Gasteiger partial charge on any atom is -0.398 e. The zero-order chi connectivity index (χ0) is 20.0. The fourth-order valence-electron chi connectivity index (χ4n) is 4.38. The molecule has 3 aromatic rings. The van der Waals surface area contributed by atoms with Gasteiger partial charge in [-0.25, -0.2) is 4.39 Å². The van der Waals surface area contributed by atoms with Crippen LogP contribution in [0.25, 0.3) is 22.0 Å². The quantitative estimate of drug-likeness (QED) is 0.618. The first-order chi connectivity index (χ1) is 13.4. The summed E-state index contributed by atoms with van der Waals surface area (Å²) in [5.41, 5.74) is 11.1. The highest BCUT2D eigenvalue weighted by Crippen LogP contribution is 2.40. The van der Waals surface area contributed by atoms with Crippen LogP contribution < -0.4 is 5.73 Å². The van der Waals surface area contributed by atoms with Crippen molar-refractivity contribution < 1.29 is 9.50 Å². The van der Waals surface area contributed by atoms with Crippen molar-refractivity contribution in [1.82, 2.24) is 4.57 Å². The van der Waals surface area contributed by atoms with Gasteiger partial charge in [-0.3, -0.25) is 0 Å². The van der Waals surface area contributed by atoms with Crippen LogP contribution in [0.2, 0.25) is 0 Å². The normalized spacial score (nSPS) is 19.7. The van der Waals surface area contributed by atoms with E-state index in [1.54, 1.807) is 6.07 Å². The van der Waals surface area contributed by atoms with Crippen molar-refractivity contribution in [3.05, 3.63) is 53.0 Å². The van der Waals surface area contributed by atoms with Crippen molar-refractivity contribution >= 4 is 16.6 Å². The third kappa shape index (κ3) is 2.94. The molecular formula is C23H24FN3O. The predicted molar refractivity (Wildman–Crippen MR) is 109 cm³/mol. The molecule has 0 atom stereocenters. The molecule has 0 radical (unpaired) electrons. The van der Waals surface area contributed by atoms with Gasteiger partial charge in [-0.1, -0.05) is 0 Å². The Hall–Kier alpha value is -2.84. The maximum absolute atomic E-state index is 14.8. The molecule has 2 aromatic carbocycles. The molecule has 0 saturated heterocycles. The Balaban J connectivity index is 1.99. The monoisotopic (exact) mass is 377 g/mol. The number of nitrogens with zero attached hydrogens (tertiary/aromatic N) is 2. The average Bonchev–Trinajstić information content (AvgIpc) is 3.03. The largest absolute Gasteiger partial charge is 0.398 e. The van der Waals surface area contributed by atoms with Crippen LogP contribution in [0.1, 0.15) is 48.4 Å². The van der Waals surface area contributed by atoms with Crippen LogP contribution >= 0.6 is 0 Å². The fraction of sp³-hybridized carbons (Fsp3) is 0.348. The summed E-state index contributed by atoms with van der Waals surface area (Å²) < 4.78 is 17.0. The number of fused-ring (bicyclic) bond motifs is 1. The van der Waals surface area contributed by atoms with Crippen LogP contribution in [0.5, 0.6) is 0 Å². The van der Waals surface area contributed by atoms with Crippen molar-refractivity contribution in [2.24, 2.45) is 0 Å². The number of aliphatic hydroxyl groups excluding tert-OH is 1. The Bertz CT molecular complexity index is 1100. The van der Waals surface area contributed by atoms with Crippen LogP contribution in [0, 0.1) is 31.0 Å². The molecule has 0 unspecified atom stereocenters. The van der Waals surface area contributed by atoms with Crippen molar-refractivity contribution in [2.45, 2.75) is 51.7 Å². The number of rotatable bonds is 2. The number of nitrogens with two attached hydrogens (primary N) is 1. The van der Waals surface area contributed by atoms with Crippen LogP contribution in [-0.2, 0) is 0 Å². The molecule has 3 N–H and O–H groups in total. The lowest BCUT2D eigenvalue weighted by Crippen LogP contribution is -2.20. The van der Waals surface area contributed by atoms with Gasteiger partial charge >= 0.3 is 0 Å². The molecular weight excluding hydrogens is 353 g/mol. The summed E-state index contributed by atoms with van der Waals surface area (Å²) in [6.45, 7) is 3.75. The minimum atomic E-state index is -0.316. The Kier molecular flexibility index (Phi) is 4.60. The molecule has 144 valence electrons. The molecule has 1 aromatic heterocycles. The smallest absolute Gasteiger partial charge is 0.131 e. The summed E-state index contributed by atoms with van der Waals surface area (Å²) in [4.78, 5) is 0. The maximum Gasteiger partial charge on any atom is 0.131 e. The van der Waals surface area contributed by atoms with E-state index >= 15 is 0 Å². The van der Waals surface area contributed by atoms with Crippen LogP contribution in [0.4, 0.5) is 10.1 Å². The molecule has 4 rings (SSSR count). The lowest BCUT2D eigenvalue weighted by Gasteiger charge is -2.27. The van der Waals surface area contributed by atoms with Gasteiger partial charge in [-0.2, -0.15) is 5.26 Å². The van der Waals surface area contributed by atoms with E-state index in [1.807, 2.05) is 32.2 Å². The summed E-state index contributed by atoms with van der Waals surface area (Å²) in [7, 11) is 0. The molecule has 0 amide bonds. The number of hydrogen-bond donors (Lipinski definition) is 2. The number of nitrogen functional groups attached to an aromatic ring is 1. The standard InChI is InChI=1S/C23H24FN3O/c1-13-9-22-18(10-15(13)11-25)19(23-14(2)21(26)8-7-20(23)24)12-27(22)16-3-5-17(28)6-4-16/h7-10,12,16-17,28H,3-6,26H2,1-2H3. The van der Waals surface area contributed by atoms with E-state index in [1.165, 1.54) is 6.07 Å². The second-order valence-electron chi connectivity index (χ2n) is 7.85. The first-order valence-electron chi connectivity index (χ1n) is 9.69. The van der Waals surface area contributed by atoms with Crippen LogP contribution in [0.3, 0.4) is 0 Å². The lowest BCUT2D eigenvalue weighted by molar-refractivity contribution is 0.111. The SMILES string of the molecule is Cc1cc2c(cc1C#N)c(-c1c(F)ccc(N)c1C)cn2C1CCC(O)CC1. The zero-order valence-corrected chi connectivity index (χ0v) is 16.2. The molecule has 0 bridgehead atoms. The van der Waals surface area contributed by atoms with Crippen molar-refractivity contribution in [1.29, 1.82) is 5.26 Å². The highest BCUT2D eigenvalue weighted by molar-refractivity contribution is 5.99. The molecule has 1 heterocycles. The molecule has 5 heteroatoms. The fourth-order valence-corrected chi connectivity index (χ4v) is 4.38. The molecule has 1 saturated carbocycles. The number of aromatic nitrogens is 1. The van der Waals surface area contributed by atoms with Gasteiger partial charge in [0.05, 0.1) is 17.7 Å². The molecule has 1 fully saturated rings. The van der Waals surface area contributed by atoms with Crippen LogP contribution in [0.15, 0.2) is 30.5 Å². The third-order valence-corrected chi connectivity index (χ3v) is 6.08. The highest BCUT2D eigenvalue weighted by Gasteiger charge is 2.25. The molecule has 1 aliphatic rings. The summed E-state index contributed by atoms with van der Waals surface area (Å²) >= 11 is 0. The van der Waals surface area contributed by atoms with Crippen LogP contribution in [-0.4, -0.2) is 15.8 Å².